The summed E-state index contributed by atoms with van der Waals surface area (Å²) in [6.07, 6.45) is 6.06. The maximum absolute atomic E-state index is 2.31. The normalized spacial score (nSPS) is 71.2. The molecule has 5 aliphatic rings. The van der Waals surface area contributed by atoms with E-state index in [1.165, 1.54) is 42.4 Å². The monoisotopic (exact) mass is 148 g/mol. The highest BCUT2D eigenvalue weighted by atomic mass is 15.1. The molecule has 0 bridgehead atoms. The molecule has 0 aromatic heterocycles. The molecular weight excluding hydrogens is 132 g/mol. The fourth-order valence-corrected chi connectivity index (χ4v) is 4.96. The number of hydrogen-bond donors (Lipinski definition) is 0. The van der Waals surface area contributed by atoms with Crippen LogP contribution >= 0.6 is 0 Å². The van der Waals surface area contributed by atoms with Gasteiger partial charge in [-0.1, -0.05) is 26.2 Å². The number of rotatable bonds is 4. The second-order valence-corrected chi connectivity index (χ2v) is 5.30. The first kappa shape index (κ1) is 5.61. The molecule has 5 saturated carbocycles. The molecule has 0 nitrogen and oxygen atoms in total. The van der Waals surface area contributed by atoms with Crippen molar-refractivity contribution in [1.82, 2.24) is 0 Å². The summed E-state index contributed by atoms with van der Waals surface area (Å²) >= 11 is 0. The minimum Gasteiger partial charge on any atom is -0.0654 e. The molecule has 0 aliphatic heterocycles. The number of unbranched alkanes of at least 4 members (excludes halogenated alkanes) is 2. The summed E-state index contributed by atoms with van der Waals surface area (Å²) in [5, 5.41) is 0. The van der Waals surface area contributed by atoms with Gasteiger partial charge in [-0.2, -0.15) is 0 Å². The molecule has 0 aromatic carbocycles. The lowest BCUT2D eigenvalue weighted by molar-refractivity contribution is 0.209. The number of hydrogen-bond acceptors (Lipinski definition) is 0. The van der Waals surface area contributed by atoms with E-state index in [0.717, 1.165) is 5.41 Å². The summed E-state index contributed by atoms with van der Waals surface area (Å²) in [6, 6.07) is 0. The smallest absolute Gasteiger partial charge is 0.0195 e. The highest BCUT2D eigenvalue weighted by Crippen LogP contribution is 3.08. The lowest BCUT2D eigenvalue weighted by Gasteiger charge is -2.27. The second kappa shape index (κ2) is 1.30. The summed E-state index contributed by atoms with van der Waals surface area (Å²) in [5.41, 5.74) is 1.03. The average Bonchev–Trinajstić information content (AvgIpc) is 2.47. The van der Waals surface area contributed by atoms with Crippen molar-refractivity contribution in [1.29, 1.82) is 0 Å². The quantitative estimate of drug-likeness (QED) is 0.538. The van der Waals surface area contributed by atoms with E-state index in [1.807, 2.05) is 0 Å². The molecule has 4 atom stereocenters. The highest BCUT2D eigenvalue weighted by molar-refractivity contribution is 5.51. The van der Waals surface area contributed by atoms with E-state index >= 15 is 0 Å². The van der Waals surface area contributed by atoms with E-state index in [1.54, 1.807) is 12.8 Å². The Hall–Kier alpha value is 0. The summed E-state index contributed by atoms with van der Waals surface area (Å²) in [7, 11) is 0. The van der Waals surface area contributed by atoms with Gasteiger partial charge in [-0.25, -0.2) is 0 Å². The van der Waals surface area contributed by atoms with Crippen LogP contribution in [0.25, 0.3) is 0 Å². The zero-order valence-electron chi connectivity index (χ0n) is 7.22. The van der Waals surface area contributed by atoms with E-state index in [2.05, 4.69) is 6.92 Å². The summed E-state index contributed by atoms with van der Waals surface area (Å²) < 4.78 is 0. The van der Waals surface area contributed by atoms with Crippen molar-refractivity contribution in [3.63, 3.8) is 0 Å². The van der Waals surface area contributed by atoms with Crippen LogP contribution in [0.1, 0.15) is 32.6 Å². The fraction of sp³-hybridized carbons (Fsp3) is 1.00. The average molecular weight is 148 g/mol. The summed E-state index contributed by atoms with van der Waals surface area (Å²) in [4.78, 5) is 0. The minimum atomic E-state index is 1.03. The van der Waals surface area contributed by atoms with Crippen LogP contribution in [0.2, 0.25) is 0 Å². The Morgan fingerprint density at radius 3 is 2.27 bits per heavy atom. The van der Waals surface area contributed by atoms with Crippen LogP contribution in [0.15, 0.2) is 0 Å². The molecule has 5 aliphatic carbocycles. The van der Waals surface area contributed by atoms with Gasteiger partial charge in [-0.15, -0.1) is 0 Å². The van der Waals surface area contributed by atoms with Gasteiger partial charge >= 0.3 is 0 Å². The fourth-order valence-electron chi connectivity index (χ4n) is 4.96. The van der Waals surface area contributed by atoms with E-state index in [9.17, 15) is 0 Å². The molecule has 0 saturated heterocycles. The van der Waals surface area contributed by atoms with E-state index in [0.29, 0.717) is 0 Å². The Balaban J connectivity index is 1.40. The Morgan fingerprint density at radius 2 is 1.73 bits per heavy atom. The molecule has 0 radical (unpaired) electrons. The van der Waals surface area contributed by atoms with Crippen molar-refractivity contribution < 1.29 is 0 Å². The first-order valence-electron chi connectivity index (χ1n) is 5.43. The van der Waals surface area contributed by atoms with Crippen molar-refractivity contribution in [3.8, 4) is 0 Å². The molecule has 5 rings (SSSR count). The molecule has 0 amide bonds. The van der Waals surface area contributed by atoms with Gasteiger partial charge in [-0.05, 0) is 41.4 Å². The second-order valence-electron chi connectivity index (χ2n) is 5.30. The standard InChI is InChI=1S/C11H16/c1-2-3-4-5-11-8-6-7(8)10(11)9(6)11/h6-10H,2-5H2,1H3. The molecule has 4 unspecified atom stereocenters. The van der Waals surface area contributed by atoms with Crippen LogP contribution in [-0.4, -0.2) is 0 Å². The first-order chi connectivity index (χ1) is 5.43. The molecule has 5 fully saturated rings. The minimum absolute atomic E-state index is 1.03. The largest absolute Gasteiger partial charge is 0.0654 e. The third kappa shape index (κ3) is 0.331. The van der Waals surface area contributed by atoms with Crippen LogP contribution in [0.4, 0.5) is 0 Å². The molecule has 0 N–H and O–H groups in total. The lowest BCUT2D eigenvalue weighted by atomic mass is 9.77. The predicted octanol–water partition coefficient (Wildman–Crippen LogP) is 2.69. The topological polar surface area (TPSA) is 0 Å². The predicted molar refractivity (Wildman–Crippen MR) is 44.0 cm³/mol. The Labute approximate surface area is 68.4 Å². The van der Waals surface area contributed by atoms with E-state index in [-0.39, 0.29) is 0 Å². The van der Waals surface area contributed by atoms with Gasteiger partial charge in [0, 0.05) is 0 Å². The Kier molecular flexibility index (Phi) is 0.661. The van der Waals surface area contributed by atoms with Gasteiger partial charge in [0.25, 0.3) is 0 Å². The van der Waals surface area contributed by atoms with Crippen molar-refractivity contribution in [2.45, 2.75) is 32.6 Å². The van der Waals surface area contributed by atoms with Crippen LogP contribution < -0.4 is 0 Å². The SMILES string of the molecule is CCCCCC12C3C4C3C1C42. The maximum atomic E-state index is 2.31. The van der Waals surface area contributed by atoms with Gasteiger partial charge in [-0.3, -0.25) is 0 Å². The molecule has 0 spiro atoms. The third-order valence-electron chi connectivity index (χ3n) is 5.32. The zero-order chi connectivity index (χ0) is 7.22. The van der Waals surface area contributed by atoms with E-state index < -0.39 is 0 Å². The third-order valence-corrected chi connectivity index (χ3v) is 5.32. The summed E-state index contributed by atoms with van der Waals surface area (Å²) in [6.45, 7) is 2.31. The zero-order valence-corrected chi connectivity index (χ0v) is 7.22. The van der Waals surface area contributed by atoms with Crippen LogP contribution in [0.3, 0.4) is 0 Å². The molecular formula is C11H16. The van der Waals surface area contributed by atoms with Crippen molar-refractivity contribution in [2.24, 2.45) is 35.0 Å². The van der Waals surface area contributed by atoms with Crippen molar-refractivity contribution in [3.05, 3.63) is 0 Å². The van der Waals surface area contributed by atoms with Gasteiger partial charge < -0.3 is 0 Å². The van der Waals surface area contributed by atoms with Gasteiger partial charge in [0.2, 0.25) is 0 Å². The van der Waals surface area contributed by atoms with Crippen LogP contribution in [-0.2, 0) is 0 Å². The molecule has 0 aromatic rings. The molecule has 60 valence electrons. The Bertz CT molecular complexity index is 201. The van der Waals surface area contributed by atoms with Gasteiger partial charge in [0.1, 0.15) is 0 Å². The lowest BCUT2D eigenvalue weighted by Crippen LogP contribution is -2.21. The van der Waals surface area contributed by atoms with Crippen molar-refractivity contribution >= 4 is 0 Å². The first-order valence-corrected chi connectivity index (χ1v) is 5.43. The molecule has 0 heterocycles. The van der Waals surface area contributed by atoms with Crippen molar-refractivity contribution in [2.75, 3.05) is 0 Å². The highest BCUT2D eigenvalue weighted by Gasteiger charge is 3.04. The van der Waals surface area contributed by atoms with Crippen LogP contribution in [0, 0.1) is 35.0 Å². The van der Waals surface area contributed by atoms with Gasteiger partial charge in [0.15, 0.2) is 0 Å². The van der Waals surface area contributed by atoms with E-state index in [4.69, 9.17) is 0 Å². The summed E-state index contributed by atoms with van der Waals surface area (Å²) in [5.74, 6) is 6.52. The molecule has 0 heteroatoms. The molecule has 11 heavy (non-hydrogen) atoms. The van der Waals surface area contributed by atoms with Crippen LogP contribution in [0.5, 0.6) is 0 Å². The van der Waals surface area contributed by atoms with Gasteiger partial charge in [0.05, 0.1) is 0 Å². The maximum Gasteiger partial charge on any atom is -0.0195 e. The Morgan fingerprint density at radius 1 is 1.00 bits per heavy atom.